The molecule has 0 saturated heterocycles. The van der Waals surface area contributed by atoms with E-state index in [0.29, 0.717) is 41.2 Å². The second-order valence-electron chi connectivity index (χ2n) is 8.26. The minimum Gasteiger partial charge on any atom is -0.463 e. The Hall–Kier alpha value is -3.54. The fourth-order valence-corrected chi connectivity index (χ4v) is 4.91. The summed E-state index contributed by atoms with van der Waals surface area (Å²) in [4.78, 5) is 26.5. The Labute approximate surface area is 186 Å². The molecule has 0 saturated carbocycles. The quantitative estimate of drug-likeness (QED) is 0.726. The van der Waals surface area contributed by atoms with E-state index in [4.69, 9.17) is 14.2 Å². The van der Waals surface area contributed by atoms with E-state index in [2.05, 4.69) is 17.4 Å². The summed E-state index contributed by atoms with van der Waals surface area (Å²) in [5.41, 5.74) is 4.67. The van der Waals surface area contributed by atoms with Crippen molar-refractivity contribution >= 4 is 11.8 Å². The Kier molecular flexibility index (Phi) is 5.21. The summed E-state index contributed by atoms with van der Waals surface area (Å²) in [6, 6.07) is 15.7. The summed E-state index contributed by atoms with van der Waals surface area (Å²) in [5.74, 6) is 0.506. The Morgan fingerprint density at radius 1 is 1.06 bits per heavy atom. The number of Topliss-reactive ketones (excluding diaryl/α,β-unsaturated/α-hetero) is 1. The van der Waals surface area contributed by atoms with Crippen molar-refractivity contribution in [1.29, 1.82) is 0 Å². The maximum absolute atomic E-state index is 13.5. The lowest BCUT2D eigenvalue weighted by molar-refractivity contribution is -0.138. The predicted molar refractivity (Wildman–Crippen MR) is 118 cm³/mol. The lowest BCUT2D eigenvalue weighted by atomic mass is 9.71. The standard InChI is InChI=1S/C26H25NO5/c1-3-30-26(29)23-15(2)27-19-11-18(16-7-5-4-6-8-16)12-20(28)25(19)24(23)17-9-10-21-22(13-17)32-14-31-21/h4-10,13,18,24,27H,3,11-12,14H2,1-2H3/t18-,24+/m0/s1. The van der Waals surface area contributed by atoms with E-state index in [0.717, 1.165) is 16.8 Å². The van der Waals surface area contributed by atoms with Crippen LogP contribution in [0.2, 0.25) is 0 Å². The third-order valence-corrected chi connectivity index (χ3v) is 6.32. The lowest BCUT2D eigenvalue weighted by Gasteiger charge is -2.36. The number of fused-ring (bicyclic) bond motifs is 1. The normalized spacial score (nSPS) is 21.9. The lowest BCUT2D eigenvalue weighted by Crippen LogP contribution is -2.36. The topological polar surface area (TPSA) is 73.9 Å². The molecule has 5 rings (SSSR count). The number of rotatable bonds is 4. The molecule has 6 nitrogen and oxygen atoms in total. The van der Waals surface area contributed by atoms with Crippen molar-refractivity contribution in [2.75, 3.05) is 13.4 Å². The van der Waals surface area contributed by atoms with Crippen molar-refractivity contribution in [3.8, 4) is 11.5 Å². The number of benzene rings is 2. The van der Waals surface area contributed by atoms with Crippen LogP contribution in [0.4, 0.5) is 0 Å². The molecule has 0 unspecified atom stereocenters. The molecule has 32 heavy (non-hydrogen) atoms. The molecule has 0 bridgehead atoms. The maximum atomic E-state index is 13.5. The predicted octanol–water partition coefficient (Wildman–Crippen LogP) is 4.34. The van der Waals surface area contributed by atoms with Crippen molar-refractivity contribution < 1.29 is 23.8 Å². The molecule has 6 heteroatoms. The summed E-state index contributed by atoms with van der Waals surface area (Å²) in [5, 5.41) is 3.37. The molecule has 1 aliphatic carbocycles. The summed E-state index contributed by atoms with van der Waals surface area (Å²) in [6.45, 7) is 4.07. The van der Waals surface area contributed by atoms with Gasteiger partial charge in [0.25, 0.3) is 0 Å². The Morgan fingerprint density at radius 3 is 2.62 bits per heavy atom. The molecule has 0 amide bonds. The molecule has 2 aromatic carbocycles. The van der Waals surface area contributed by atoms with E-state index in [-0.39, 0.29) is 25.1 Å². The molecular formula is C26H25NO5. The Bertz CT molecular complexity index is 1150. The first-order valence-corrected chi connectivity index (χ1v) is 10.9. The van der Waals surface area contributed by atoms with Crippen LogP contribution in [0.5, 0.6) is 11.5 Å². The van der Waals surface area contributed by atoms with Gasteiger partial charge in [-0.3, -0.25) is 4.79 Å². The number of esters is 1. The van der Waals surface area contributed by atoms with Crippen molar-refractivity contribution in [1.82, 2.24) is 5.32 Å². The Morgan fingerprint density at radius 2 is 1.84 bits per heavy atom. The van der Waals surface area contributed by atoms with E-state index in [9.17, 15) is 9.59 Å². The fraction of sp³-hybridized carbons (Fsp3) is 0.308. The molecule has 2 aromatic rings. The van der Waals surface area contributed by atoms with E-state index in [1.54, 1.807) is 6.92 Å². The molecule has 2 heterocycles. The molecule has 1 N–H and O–H groups in total. The second kappa shape index (κ2) is 8.19. The van der Waals surface area contributed by atoms with Crippen molar-refractivity contribution in [2.45, 2.75) is 38.5 Å². The Balaban J connectivity index is 1.60. The van der Waals surface area contributed by atoms with E-state index in [1.165, 1.54) is 0 Å². The number of ether oxygens (including phenoxy) is 3. The third kappa shape index (κ3) is 3.45. The van der Waals surface area contributed by atoms with Crippen molar-refractivity contribution in [2.24, 2.45) is 0 Å². The molecule has 2 aliphatic heterocycles. The van der Waals surface area contributed by atoms with Gasteiger partial charge >= 0.3 is 5.97 Å². The van der Waals surface area contributed by atoms with Gasteiger partial charge in [-0.15, -0.1) is 0 Å². The maximum Gasteiger partial charge on any atom is 0.336 e. The first kappa shape index (κ1) is 20.4. The highest BCUT2D eigenvalue weighted by atomic mass is 16.7. The van der Waals surface area contributed by atoms with Gasteiger partial charge in [-0.2, -0.15) is 0 Å². The van der Waals surface area contributed by atoms with Crippen LogP contribution in [0.15, 0.2) is 71.1 Å². The molecule has 3 aliphatic rings. The van der Waals surface area contributed by atoms with Gasteiger partial charge in [0.15, 0.2) is 17.3 Å². The highest BCUT2D eigenvalue weighted by molar-refractivity contribution is 6.04. The molecule has 0 fully saturated rings. The minimum absolute atomic E-state index is 0.0459. The summed E-state index contributed by atoms with van der Waals surface area (Å²) >= 11 is 0. The smallest absolute Gasteiger partial charge is 0.336 e. The monoisotopic (exact) mass is 431 g/mol. The number of nitrogens with one attached hydrogen (secondary N) is 1. The van der Waals surface area contributed by atoms with Crippen LogP contribution in [-0.2, 0) is 14.3 Å². The van der Waals surface area contributed by atoms with Crippen LogP contribution in [0.3, 0.4) is 0 Å². The van der Waals surface area contributed by atoms with Crippen LogP contribution < -0.4 is 14.8 Å². The molecule has 0 spiro atoms. The van der Waals surface area contributed by atoms with E-state index >= 15 is 0 Å². The molecule has 0 aromatic heterocycles. The second-order valence-corrected chi connectivity index (χ2v) is 8.26. The van der Waals surface area contributed by atoms with Gasteiger partial charge in [0.2, 0.25) is 6.79 Å². The number of dihydropyridines is 1. The van der Waals surface area contributed by atoms with Gasteiger partial charge < -0.3 is 19.5 Å². The SMILES string of the molecule is CCOC(=O)C1=C(C)NC2=C(C(=O)C[C@@H](c3ccccc3)C2)[C@@H]1c1ccc2c(c1)OCO2. The van der Waals surface area contributed by atoms with E-state index in [1.807, 2.05) is 43.3 Å². The zero-order valence-electron chi connectivity index (χ0n) is 18.1. The fourth-order valence-electron chi connectivity index (χ4n) is 4.91. The summed E-state index contributed by atoms with van der Waals surface area (Å²) in [6.07, 6.45) is 1.11. The van der Waals surface area contributed by atoms with Crippen molar-refractivity contribution in [3.05, 3.63) is 82.2 Å². The van der Waals surface area contributed by atoms with Gasteiger partial charge in [-0.05, 0) is 49.4 Å². The van der Waals surface area contributed by atoms with Crippen LogP contribution in [0.1, 0.15) is 49.7 Å². The van der Waals surface area contributed by atoms with Gasteiger partial charge in [-0.25, -0.2) is 4.79 Å². The third-order valence-electron chi connectivity index (χ3n) is 6.32. The largest absolute Gasteiger partial charge is 0.463 e. The summed E-state index contributed by atoms with van der Waals surface area (Å²) in [7, 11) is 0. The zero-order chi connectivity index (χ0) is 22.2. The highest BCUT2D eigenvalue weighted by Gasteiger charge is 2.41. The number of hydrogen-bond acceptors (Lipinski definition) is 6. The van der Waals surface area contributed by atoms with Crippen LogP contribution in [0, 0.1) is 0 Å². The molecular weight excluding hydrogens is 406 g/mol. The molecule has 0 radical (unpaired) electrons. The molecule has 2 atom stereocenters. The summed E-state index contributed by atoms with van der Waals surface area (Å²) < 4.78 is 16.4. The van der Waals surface area contributed by atoms with Gasteiger partial charge in [0.05, 0.1) is 12.2 Å². The van der Waals surface area contributed by atoms with Crippen LogP contribution >= 0.6 is 0 Å². The average molecular weight is 431 g/mol. The molecule has 164 valence electrons. The van der Waals surface area contributed by atoms with Crippen LogP contribution in [0.25, 0.3) is 0 Å². The van der Waals surface area contributed by atoms with Gasteiger partial charge in [0, 0.05) is 29.3 Å². The highest BCUT2D eigenvalue weighted by Crippen LogP contribution is 2.47. The van der Waals surface area contributed by atoms with Gasteiger partial charge in [0.1, 0.15) is 0 Å². The minimum atomic E-state index is -0.510. The number of carbonyl (C=O) groups is 2. The number of carbonyl (C=O) groups excluding carboxylic acids is 2. The van der Waals surface area contributed by atoms with Crippen LogP contribution in [-0.4, -0.2) is 25.2 Å². The number of hydrogen-bond donors (Lipinski definition) is 1. The number of allylic oxidation sites excluding steroid dienone is 3. The van der Waals surface area contributed by atoms with Gasteiger partial charge in [-0.1, -0.05) is 36.4 Å². The number of ketones is 1. The average Bonchev–Trinajstić information content (AvgIpc) is 3.26. The van der Waals surface area contributed by atoms with E-state index < -0.39 is 11.9 Å². The van der Waals surface area contributed by atoms with Crippen molar-refractivity contribution in [3.63, 3.8) is 0 Å². The first-order valence-electron chi connectivity index (χ1n) is 10.9. The first-order chi connectivity index (χ1) is 15.6. The zero-order valence-corrected chi connectivity index (χ0v) is 18.1.